The van der Waals surface area contributed by atoms with Crippen molar-refractivity contribution in [3.8, 4) is 5.75 Å². The molecule has 172 valence electrons. The van der Waals surface area contributed by atoms with Crippen molar-refractivity contribution in [1.29, 1.82) is 0 Å². The van der Waals surface area contributed by atoms with Crippen LogP contribution >= 0.6 is 67.4 Å². The lowest BCUT2D eigenvalue weighted by Crippen LogP contribution is -2.44. The summed E-state index contributed by atoms with van der Waals surface area (Å²) in [7, 11) is 0. The fourth-order valence-corrected chi connectivity index (χ4v) is 4.92. The topological polar surface area (TPSA) is 58.6 Å². The Hall–Kier alpha value is -2.17. The van der Waals surface area contributed by atoms with Gasteiger partial charge in [-0.1, -0.05) is 67.4 Å². The summed E-state index contributed by atoms with van der Waals surface area (Å²) in [6.45, 7) is 0.337. The van der Waals surface area contributed by atoms with E-state index in [2.05, 4.69) is 37.3 Å². The number of amides is 2. The minimum Gasteiger partial charge on any atom is -0.488 e. The number of hydrogen-bond donors (Lipinski definition) is 1. The third-order valence-electron chi connectivity index (χ3n) is 4.68. The number of nitrogens with one attached hydrogen (secondary N) is 1. The molecule has 1 aliphatic heterocycles. The molecule has 34 heavy (non-hydrogen) atoms. The van der Waals surface area contributed by atoms with Gasteiger partial charge >= 0.3 is 0 Å². The number of carbonyl (C=O) groups is 2. The highest BCUT2D eigenvalue weighted by atomic mass is 79.9. The highest BCUT2D eigenvalue weighted by molar-refractivity contribution is 9.10. The first-order valence-electron chi connectivity index (χ1n) is 9.81. The number of thioether (sulfide) groups is 1. The maximum atomic E-state index is 13.0. The van der Waals surface area contributed by atoms with Crippen LogP contribution in [0.5, 0.6) is 5.75 Å². The highest BCUT2D eigenvalue weighted by Crippen LogP contribution is 2.34. The summed E-state index contributed by atoms with van der Waals surface area (Å²) in [6.07, 6.45) is 1.70. The van der Waals surface area contributed by atoms with Gasteiger partial charge in [0.25, 0.3) is 11.8 Å². The van der Waals surface area contributed by atoms with Gasteiger partial charge in [0.1, 0.15) is 12.4 Å². The van der Waals surface area contributed by atoms with Gasteiger partial charge in [0, 0.05) is 25.1 Å². The first kappa shape index (κ1) is 24.9. The van der Waals surface area contributed by atoms with E-state index in [4.69, 9.17) is 28.6 Å². The molecule has 0 aliphatic carbocycles. The van der Waals surface area contributed by atoms with E-state index in [1.807, 2.05) is 30.3 Å². The van der Waals surface area contributed by atoms with Gasteiger partial charge in [-0.05, 0) is 78.5 Å². The van der Waals surface area contributed by atoms with Crippen LogP contribution in [-0.4, -0.2) is 21.1 Å². The Morgan fingerprint density at radius 1 is 1.06 bits per heavy atom. The number of benzene rings is 3. The molecule has 0 bridgehead atoms. The Kier molecular flexibility index (Phi) is 8.10. The van der Waals surface area contributed by atoms with E-state index in [-0.39, 0.29) is 4.32 Å². The molecule has 0 unspecified atom stereocenters. The van der Waals surface area contributed by atoms with Crippen LogP contribution < -0.4 is 10.2 Å². The van der Waals surface area contributed by atoms with Crippen LogP contribution in [0.4, 0.5) is 0 Å². The third-order valence-corrected chi connectivity index (χ3v) is 7.26. The summed E-state index contributed by atoms with van der Waals surface area (Å²) in [5.41, 5.74) is 4.65. The summed E-state index contributed by atoms with van der Waals surface area (Å²) in [6, 6.07) is 19.7. The number of nitrogens with zero attached hydrogens (tertiary/aromatic N) is 1. The van der Waals surface area contributed by atoms with Crippen molar-refractivity contribution in [2.24, 2.45) is 0 Å². The molecule has 1 fully saturated rings. The summed E-state index contributed by atoms with van der Waals surface area (Å²) in [5.74, 6) is -0.245. The zero-order valence-corrected chi connectivity index (χ0v) is 22.8. The minimum atomic E-state index is -0.431. The van der Waals surface area contributed by atoms with E-state index in [0.29, 0.717) is 33.4 Å². The first-order chi connectivity index (χ1) is 16.3. The molecule has 1 saturated heterocycles. The van der Waals surface area contributed by atoms with Gasteiger partial charge in [-0.2, -0.15) is 5.01 Å². The van der Waals surface area contributed by atoms with Crippen LogP contribution in [0.15, 0.2) is 80.6 Å². The van der Waals surface area contributed by atoms with Gasteiger partial charge in [0.2, 0.25) is 0 Å². The summed E-state index contributed by atoms with van der Waals surface area (Å²) in [5, 5.41) is 1.74. The van der Waals surface area contributed by atoms with Crippen molar-refractivity contribution in [2.75, 3.05) is 0 Å². The summed E-state index contributed by atoms with van der Waals surface area (Å²) >= 11 is 19.2. The molecule has 3 aromatic rings. The average molecular weight is 639 g/mol. The molecular formula is C24H15Br2ClN2O3S2. The maximum absolute atomic E-state index is 13.0. The molecule has 0 saturated carbocycles. The highest BCUT2D eigenvalue weighted by Gasteiger charge is 2.34. The lowest BCUT2D eigenvalue weighted by Gasteiger charge is -2.15. The average Bonchev–Trinajstić information content (AvgIpc) is 3.07. The number of carbonyl (C=O) groups excluding carboxylic acids is 2. The molecule has 5 nitrogen and oxygen atoms in total. The zero-order valence-electron chi connectivity index (χ0n) is 17.3. The lowest BCUT2D eigenvalue weighted by molar-refractivity contribution is -0.123. The second-order valence-corrected chi connectivity index (χ2v) is 11.0. The Bertz CT molecular complexity index is 1300. The number of halogens is 3. The van der Waals surface area contributed by atoms with Gasteiger partial charge in [0.05, 0.1) is 4.91 Å². The first-order valence-corrected chi connectivity index (χ1v) is 13.0. The van der Waals surface area contributed by atoms with Gasteiger partial charge in [-0.25, -0.2) is 0 Å². The molecule has 10 heteroatoms. The number of hydrazine groups is 1. The van der Waals surface area contributed by atoms with Gasteiger partial charge < -0.3 is 4.74 Å². The molecule has 2 amide bonds. The van der Waals surface area contributed by atoms with Gasteiger partial charge in [-0.3, -0.25) is 15.0 Å². The maximum Gasteiger partial charge on any atom is 0.285 e. The third kappa shape index (κ3) is 6.09. The quantitative estimate of drug-likeness (QED) is 0.233. The monoisotopic (exact) mass is 636 g/mol. The molecule has 0 radical (unpaired) electrons. The number of ether oxygens (including phenoxy) is 1. The second kappa shape index (κ2) is 11.0. The van der Waals surface area contributed by atoms with Crippen LogP contribution in [0, 0.1) is 0 Å². The molecule has 4 rings (SSSR count). The molecule has 1 aliphatic rings. The van der Waals surface area contributed by atoms with Gasteiger partial charge in [-0.15, -0.1) is 0 Å². The number of hydrogen-bond acceptors (Lipinski definition) is 5. The van der Waals surface area contributed by atoms with Gasteiger partial charge in [0.15, 0.2) is 4.32 Å². The Morgan fingerprint density at radius 3 is 2.44 bits per heavy atom. The summed E-state index contributed by atoms with van der Waals surface area (Å²) < 4.78 is 7.91. The van der Waals surface area contributed by atoms with Crippen molar-refractivity contribution in [3.63, 3.8) is 0 Å². The fraction of sp³-hybridized carbons (Fsp3) is 0.0417. The normalized spacial score (nSPS) is 14.6. The second-order valence-electron chi connectivity index (χ2n) is 7.06. The zero-order chi connectivity index (χ0) is 24.2. The van der Waals surface area contributed by atoms with E-state index >= 15 is 0 Å². The summed E-state index contributed by atoms with van der Waals surface area (Å²) in [4.78, 5) is 25.9. The number of thiocarbonyl (C=S) groups is 1. The minimum absolute atomic E-state index is 0.236. The molecule has 3 aromatic carbocycles. The SMILES string of the molecule is O=C(NN1C(=O)/C(=C\c2cc(Br)ccc2OCc2ccc(Cl)cc2)SC1=S)c1ccc(Br)cc1. The van der Waals surface area contributed by atoms with Crippen LogP contribution in [0.2, 0.25) is 5.02 Å². The van der Waals surface area contributed by atoms with Crippen molar-refractivity contribution in [3.05, 3.63) is 102 Å². The van der Waals surface area contributed by atoms with Crippen molar-refractivity contribution < 1.29 is 14.3 Å². The Labute approximate surface area is 227 Å². The predicted octanol–water partition coefficient (Wildman–Crippen LogP) is 6.99. The van der Waals surface area contributed by atoms with Crippen molar-refractivity contribution in [2.45, 2.75) is 6.61 Å². The van der Waals surface area contributed by atoms with E-state index < -0.39 is 11.8 Å². The van der Waals surface area contributed by atoms with Crippen LogP contribution in [0.25, 0.3) is 6.08 Å². The van der Waals surface area contributed by atoms with E-state index in [0.717, 1.165) is 31.3 Å². The van der Waals surface area contributed by atoms with Crippen LogP contribution in [0.3, 0.4) is 0 Å². The molecule has 0 spiro atoms. The largest absolute Gasteiger partial charge is 0.488 e. The molecule has 1 heterocycles. The standard InChI is InChI=1S/C24H15Br2ClN2O3S2/c25-17-5-3-15(4-6-17)22(30)28-29-23(31)21(34-24(29)33)12-16-11-18(26)7-10-20(16)32-13-14-1-8-19(27)9-2-14/h1-12H,13H2,(H,28,30)/b21-12+. The van der Waals surface area contributed by atoms with Crippen molar-refractivity contribution >= 4 is 89.7 Å². The van der Waals surface area contributed by atoms with Crippen molar-refractivity contribution in [1.82, 2.24) is 10.4 Å². The van der Waals surface area contributed by atoms with E-state index in [1.54, 1.807) is 42.5 Å². The van der Waals surface area contributed by atoms with E-state index in [9.17, 15) is 9.59 Å². The molecule has 1 N–H and O–H groups in total. The molecule has 0 atom stereocenters. The smallest absolute Gasteiger partial charge is 0.285 e. The van der Waals surface area contributed by atoms with E-state index in [1.165, 1.54) is 0 Å². The Balaban J connectivity index is 1.52. The van der Waals surface area contributed by atoms with Crippen LogP contribution in [-0.2, 0) is 11.4 Å². The predicted molar refractivity (Wildman–Crippen MR) is 147 cm³/mol. The Morgan fingerprint density at radius 2 is 1.74 bits per heavy atom. The lowest BCUT2D eigenvalue weighted by atomic mass is 10.1. The fourth-order valence-electron chi connectivity index (χ4n) is 2.98. The molecular weight excluding hydrogens is 624 g/mol. The van der Waals surface area contributed by atoms with Crippen LogP contribution in [0.1, 0.15) is 21.5 Å². The molecule has 0 aromatic heterocycles. The number of rotatable bonds is 6.